The Hall–Kier alpha value is -0.910. The maximum Gasteiger partial charge on any atom is 0.241 e. The first-order chi connectivity index (χ1) is 9.36. The van der Waals surface area contributed by atoms with Crippen LogP contribution in [0.4, 0.5) is 0 Å². The first-order valence-corrected chi connectivity index (χ1v) is 8.59. The van der Waals surface area contributed by atoms with E-state index in [0.29, 0.717) is 11.1 Å². The largest absolute Gasteiger partial charge is 0.392 e. The Morgan fingerprint density at radius 3 is 2.19 bits per heavy atom. The fourth-order valence-electron chi connectivity index (χ4n) is 2.81. The molecule has 0 amide bonds. The molecular formula is C16H27NO3S. The van der Waals surface area contributed by atoms with Crippen LogP contribution in [0.3, 0.4) is 0 Å². The Kier molecular flexibility index (Phi) is 5.24. The van der Waals surface area contributed by atoms with E-state index in [4.69, 9.17) is 0 Å². The molecule has 0 saturated heterocycles. The lowest BCUT2D eigenvalue weighted by atomic mass is 9.82. The van der Waals surface area contributed by atoms with Gasteiger partial charge in [-0.3, -0.25) is 0 Å². The number of hydrogen-bond donors (Lipinski definition) is 2. The van der Waals surface area contributed by atoms with Crippen LogP contribution >= 0.6 is 0 Å². The lowest BCUT2D eigenvalue weighted by molar-refractivity contribution is 0.269. The summed E-state index contributed by atoms with van der Waals surface area (Å²) in [7, 11) is -3.61. The molecule has 0 saturated carbocycles. The molecular weight excluding hydrogens is 286 g/mol. The maximum absolute atomic E-state index is 12.6. The van der Waals surface area contributed by atoms with Crippen molar-refractivity contribution < 1.29 is 13.5 Å². The smallest absolute Gasteiger partial charge is 0.241 e. The standard InChI is InChI=1S/C16H27NO3S/c1-12-7-8-13(10-18)9-14(12)21(19,20)17-16(5,6)11-15(2,3)4/h7-9,17-18H,10-11H2,1-6H3. The number of aliphatic hydroxyl groups is 1. The van der Waals surface area contributed by atoms with Crippen molar-refractivity contribution in [1.82, 2.24) is 4.72 Å². The third kappa shape index (κ3) is 5.41. The zero-order chi connectivity index (χ0) is 16.5. The number of aliphatic hydroxyl groups excluding tert-OH is 1. The van der Waals surface area contributed by atoms with Crippen LogP contribution in [0.15, 0.2) is 23.1 Å². The Morgan fingerprint density at radius 1 is 1.14 bits per heavy atom. The quantitative estimate of drug-likeness (QED) is 0.878. The normalized spacial score (nSPS) is 13.5. The summed E-state index contributed by atoms with van der Waals surface area (Å²) in [5.74, 6) is 0. The van der Waals surface area contributed by atoms with E-state index in [9.17, 15) is 13.5 Å². The van der Waals surface area contributed by atoms with Crippen molar-refractivity contribution in [3.05, 3.63) is 29.3 Å². The molecule has 0 aromatic heterocycles. The molecule has 0 aliphatic rings. The van der Waals surface area contributed by atoms with Crippen LogP contribution in [0.5, 0.6) is 0 Å². The van der Waals surface area contributed by atoms with E-state index in [1.807, 2.05) is 13.8 Å². The van der Waals surface area contributed by atoms with Crippen LogP contribution in [0.2, 0.25) is 0 Å². The van der Waals surface area contributed by atoms with E-state index in [2.05, 4.69) is 25.5 Å². The fraction of sp³-hybridized carbons (Fsp3) is 0.625. The first kappa shape index (κ1) is 18.1. The van der Waals surface area contributed by atoms with Crippen LogP contribution in [0, 0.1) is 12.3 Å². The molecule has 0 fully saturated rings. The van der Waals surface area contributed by atoms with Crippen molar-refractivity contribution >= 4 is 10.0 Å². The number of hydrogen-bond acceptors (Lipinski definition) is 3. The molecule has 120 valence electrons. The molecule has 0 aliphatic heterocycles. The molecule has 0 atom stereocenters. The second-order valence-corrected chi connectivity index (χ2v) is 9.14. The molecule has 5 heteroatoms. The van der Waals surface area contributed by atoms with Crippen molar-refractivity contribution in [1.29, 1.82) is 0 Å². The molecule has 1 aromatic carbocycles. The van der Waals surface area contributed by atoms with E-state index in [1.165, 1.54) is 6.07 Å². The van der Waals surface area contributed by atoms with Gasteiger partial charge in [0.05, 0.1) is 11.5 Å². The number of rotatable bonds is 5. The first-order valence-electron chi connectivity index (χ1n) is 7.11. The SMILES string of the molecule is Cc1ccc(CO)cc1S(=O)(=O)NC(C)(C)CC(C)(C)C. The Labute approximate surface area is 128 Å². The van der Waals surface area contributed by atoms with Gasteiger partial charge in [0, 0.05) is 5.54 Å². The highest BCUT2D eigenvalue weighted by molar-refractivity contribution is 7.89. The van der Waals surface area contributed by atoms with Gasteiger partial charge in [-0.15, -0.1) is 0 Å². The van der Waals surface area contributed by atoms with Crippen molar-refractivity contribution in [3.8, 4) is 0 Å². The van der Waals surface area contributed by atoms with Gasteiger partial charge in [-0.05, 0) is 49.8 Å². The number of aryl methyl sites for hydroxylation is 1. The van der Waals surface area contributed by atoms with Crippen molar-refractivity contribution in [2.24, 2.45) is 5.41 Å². The van der Waals surface area contributed by atoms with E-state index in [-0.39, 0.29) is 16.9 Å². The predicted octanol–water partition coefficient (Wildman–Crippen LogP) is 2.98. The van der Waals surface area contributed by atoms with E-state index < -0.39 is 15.6 Å². The topological polar surface area (TPSA) is 66.4 Å². The highest BCUT2D eigenvalue weighted by atomic mass is 32.2. The van der Waals surface area contributed by atoms with Gasteiger partial charge in [0.2, 0.25) is 10.0 Å². The molecule has 0 bridgehead atoms. The molecule has 1 rings (SSSR count). The minimum absolute atomic E-state index is 0.0218. The van der Waals surface area contributed by atoms with E-state index in [0.717, 1.165) is 6.42 Å². The average Bonchev–Trinajstić information content (AvgIpc) is 2.24. The number of benzene rings is 1. The molecule has 0 heterocycles. The van der Waals surface area contributed by atoms with Gasteiger partial charge in [0.25, 0.3) is 0 Å². The van der Waals surface area contributed by atoms with Crippen molar-refractivity contribution in [3.63, 3.8) is 0 Å². The summed E-state index contributed by atoms with van der Waals surface area (Å²) in [5, 5.41) is 9.19. The van der Waals surface area contributed by atoms with E-state index >= 15 is 0 Å². The fourth-order valence-corrected chi connectivity index (χ4v) is 4.52. The van der Waals surface area contributed by atoms with Crippen LogP contribution in [0.1, 0.15) is 52.2 Å². The van der Waals surface area contributed by atoms with Crippen LogP contribution in [-0.4, -0.2) is 19.1 Å². The molecule has 0 spiro atoms. The van der Waals surface area contributed by atoms with Gasteiger partial charge in [-0.1, -0.05) is 32.9 Å². The Balaban J connectivity index is 3.12. The second-order valence-electron chi connectivity index (χ2n) is 7.48. The van der Waals surface area contributed by atoms with Crippen molar-refractivity contribution in [2.75, 3.05) is 0 Å². The lowest BCUT2D eigenvalue weighted by Gasteiger charge is -2.33. The molecule has 0 aliphatic carbocycles. The highest BCUT2D eigenvalue weighted by Gasteiger charge is 2.31. The van der Waals surface area contributed by atoms with Crippen LogP contribution in [-0.2, 0) is 16.6 Å². The monoisotopic (exact) mass is 313 g/mol. The lowest BCUT2D eigenvalue weighted by Crippen LogP contribution is -2.45. The number of nitrogens with one attached hydrogen (secondary N) is 1. The van der Waals surface area contributed by atoms with Gasteiger partial charge in [0.15, 0.2) is 0 Å². The molecule has 4 nitrogen and oxygen atoms in total. The maximum atomic E-state index is 12.6. The Morgan fingerprint density at radius 2 is 1.71 bits per heavy atom. The van der Waals surface area contributed by atoms with Gasteiger partial charge >= 0.3 is 0 Å². The van der Waals surface area contributed by atoms with Crippen molar-refractivity contribution in [2.45, 2.75) is 65.0 Å². The predicted molar refractivity (Wildman–Crippen MR) is 85.6 cm³/mol. The zero-order valence-electron chi connectivity index (χ0n) is 13.8. The van der Waals surface area contributed by atoms with Crippen LogP contribution in [0.25, 0.3) is 0 Å². The third-order valence-electron chi connectivity index (χ3n) is 3.11. The molecule has 0 radical (unpaired) electrons. The number of sulfonamides is 1. The van der Waals surface area contributed by atoms with Gasteiger partial charge < -0.3 is 5.11 Å². The highest BCUT2D eigenvalue weighted by Crippen LogP contribution is 2.28. The van der Waals surface area contributed by atoms with Gasteiger partial charge in [-0.25, -0.2) is 13.1 Å². The summed E-state index contributed by atoms with van der Waals surface area (Å²) in [6.45, 7) is 11.6. The van der Waals surface area contributed by atoms with E-state index in [1.54, 1.807) is 19.1 Å². The minimum atomic E-state index is -3.61. The Bertz CT molecular complexity index is 598. The van der Waals surface area contributed by atoms with Gasteiger partial charge in [-0.2, -0.15) is 0 Å². The summed E-state index contributed by atoms with van der Waals surface area (Å²) < 4.78 is 28.0. The summed E-state index contributed by atoms with van der Waals surface area (Å²) in [4.78, 5) is 0.232. The average molecular weight is 313 g/mol. The summed E-state index contributed by atoms with van der Waals surface area (Å²) >= 11 is 0. The molecule has 0 unspecified atom stereocenters. The van der Waals surface area contributed by atoms with Gasteiger partial charge in [0.1, 0.15) is 0 Å². The summed E-state index contributed by atoms with van der Waals surface area (Å²) in [6, 6.07) is 4.98. The molecule has 2 N–H and O–H groups in total. The summed E-state index contributed by atoms with van der Waals surface area (Å²) in [5.41, 5.74) is 0.744. The molecule has 1 aromatic rings. The van der Waals surface area contributed by atoms with Crippen LogP contribution < -0.4 is 4.72 Å². The molecule has 21 heavy (non-hydrogen) atoms. The third-order valence-corrected chi connectivity index (χ3v) is 4.95. The minimum Gasteiger partial charge on any atom is -0.392 e. The summed E-state index contributed by atoms with van der Waals surface area (Å²) in [6.07, 6.45) is 0.720. The zero-order valence-corrected chi connectivity index (χ0v) is 14.6. The second kappa shape index (κ2) is 6.07.